The number of hydrogen-bond acceptors (Lipinski definition) is 4. The molecule has 1 saturated carbocycles. The predicted molar refractivity (Wildman–Crippen MR) is 92.5 cm³/mol. The van der Waals surface area contributed by atoms with Gasteiger partial charge in [0.2, 0.25) is 0 Å². The molecule has 1 aliphatic rings. The number of nitrogens with zero attached hydrogens (tertiary/aromatic N) is 2. The maximum Gasteiger partial charge on any atom is 0.295 e. The molecule has 6 heteroatoms. The number of fused-ring (bicyclic) bond motifs is 1. The van der Waals surface area contributed by atoms with Gasteiger partial charge in [-0.3, -0.25) is 9.63 Å². The monoisotopic (exact) mass is 337 g/mol. The van der Waals surface area contributed by atoms with Gasteiger partial charge in [0.15, 0.2) is 5.69 Å². The lowest BCUT2D eigenvalue weighted by Gasteiger charge is -2.07. The summed E-state index contributed by atoms with van der Waals surface area (Å²) in [5, 5.41) is 0. The van der Waals surface area contributed by atoms with Crippen molar-refractivity contribution in [1.29, 1.82) is 0 Å². The van der Waals surface area contributed by atoms with Crippen LogP contribution in [0.3, 0.4) is 0 Å². The first-order valence-electron chi connectivity index (χ1n) is 8.40. The van der Waals surface area contributed by atoms with Gasteiger partial charge < -0.3 is 9.14 Å². The molecule has 3 aromatic rings. The van der Waals surface area contributed by atoms with E-state index in [4.69, 9.17) is 9.57 Å². The minimum atomic E-state index is -0.338. The summed E-state index contributed by atoms with van der Waals surface area (Å²) in [6.45, 7) is 0.601. The summed E-state index contributed by atoms with van der Waals surface area (Å²) in [5.41, 5.74) is 3.65. The highest BCUT2D eigenvalue weighted by molar-refractivity contribution is 5.98. The maximum absolute atomic E-state index is 12.4. The number of hydrogen-bond donors (Lipinski definition) is 1. The Morgan fingerprint density at radius 3 is 2.72 bits per heavy atom. The van der Waals surface area contributed by atoms with E-state index in [1.54, 1.807) is 0 Å². The molecule has 25 heavy (non-hydrogen) atoms. The molecule has 1 amide bonds. The molecule has 0 radical (unpaired) electrons. The van der Waals surface area contributed by atoms with Crippen LogP contribution in [0.25, 0.3) is 5.52 Å². The fourth-order valence-electron chi connectivity index (χ4n) is 2.74. The molecule has 1 fully saturated rings. The minimum Gasteiger partial charge on any atom is -0.491 e. The first-order chi connectivity index (χ1) is 12.3. The van der Waals surface area contributed by atoms with Crippen molar-refractivity contribution >= 4 is 11.4 Å². The third kappa shape index (κ3) is 3.49. The third-order valence-corrected chi connectivity index (χ3v) is 4.10. The summed E-state index contributed by atoms with van der Waals surface area (Å²) in [6.07, 6.45) is 4.20. The number of aromatic nitrogens is 2. The van der Waals surface area contributed by atoms with E-state index in [9.17, 15) is 4.79 Å². The Kier molecular flexibility index (Phi) is 4.35. The second-order valence-electron chi connectivity index (χ2n) is 5.99. The maximum atomic E-state index is 12.4. The Balaban J connectivity index is 1.34. The molecule has 1 aromatic carbocycles. The van der Waals surface area contributed by atoms with E-state index in [0.717, 1.165) is 29.9 Å². The second-order valence-corrected chi connectivity index (χ2v) is 5.99. The molecule has 2 heterocycles. The molecule has 1 aliphatic carbocycles. The number of carbonyl (C=O) groups excluding carboxylic acids is 1. The fraction of sp³-hybridized carbons (Fsp3) is 0.263. The molecule has 1 N–H and O–H groups in total. The Hall–Kier alpha value is -2.86. The van der Waals surface area contributed by atoms with E-state index in [0.29, 0.717) is 18.2 Å². The average molecular weight is 337 g/mol. The predicted octanol–water partition coefficient (Wildman–Crippen LogP) is 2.95. The number of para-hydroxylation sites is 1. The van der Waals surface area contributed by atoms with Gasteiger partial charge in [-0.05, 0) is 37.1 Å². The molecule has 0 bridgehead atoms. The largest absolute Gasteiger partial charge is 0.491 e. The highest BCUT2D eigenvalue weighted by Gasteiger charge is 2.30. The Labute approximate surface area is 145 Å². The van der Waals surface area contributed by atoms with E-state index in [-0.39, 0.29) is 12.5 Å². The van der Waals surface area contributed by atoms with Gasteiger partial charge in [0.05, 0.1) is 5.52 Å². The van der Waals surface area contributed by atoms with Crippen LogP contribution in [0.4, 0.5) is 0 Å². The zero-order valence-corrected chi connectivity index (χ0v) is 13.7. The average Bonchev–Trinajstić information content (AvgIpc) is 3.42. The van der Waals surface area contributed by atoms with Gasteiger partial charge in [0.1, 0.15) is 24.8 Å². The third-order valence-electron chi connectivity index (χ3n) is 4.10. The number of ether oxygens (including phenoxy) is 1. The first-order valence-corrected chi connectivity index (χ1v) is 8.40. The summed E-state index contributed by atoms with van der Waals surface area (Å²) in [5.74, 6) is 1.84. The van der Waals surface area contributed by atoms with E-state index in [2.05, 4.69) is 10.5 Å². The Morgan fingerprint density at radius 1 is 1.12 bits per heavy atom. The van der Waals surface area contributed by atoms with Crippen molar-refractivity contribution in [1.82, 2.24) is 14.9 Å². The van der Waals surface area contributed by atoms with E-state index in [1.165, 1.54) is 0 Å². The standard InChI is InChI=1S/C19H19N3O3/c23-19(21-25-13-12-24-15-6-2-1-3-7-15)17-16-8-4-5-11-22(16)18(20-17)14-9-10-14/h1-8,11,14H,9-10,12-13H2,(H,21,23). The molecule has 0 saturated heterocycles. The van der Waals surface area contributed by atoms with Gasteiger partial charge in [-0.15, -0.1) is 0 Å². The highest BCUT2D eigenvalue weighted by Crippen LogP contribution is 2.39. The molecule has 6 nitrogen and oxygen atoms in total. The first kappa shape index (κ1) is 15.7. The van der Waals surface area contributed by atoms with Gasteiger partial charge in [-0.25, -0.2) is 10.5 Å². The number of nitrogens with one attached hydrogen (secondary N) is 1. The highest BCUT2D eigenvalue weighted by atomic mass is 16.7. The van der Waals surface area contributed by atoms with Gasteiger partial charge in [-0.1, -0.05) is 24.3 Å². The van der Waals surface area contributed by atoms with Crippen LogP contribution in [0.2, 0.25) is 0 Å². The lowest BCUT2D eigenvalue weighted by atomic mass is 10.3. The molecule has 2 aromatic heterocycles. The zero-order valence-electron chi connectivity index (χ0n) is 13.7. The molecule has 0 spiro atoms. The quantitative estimate of drug-likeness (QED) is 0.532. The summed E-state index contributed by atoms with van der Waals surface area (Å²) in [4.78, 5) is 22.2. The number of benzene rings is 1. The van der Waals surface area contributed by atoms with Crippen molar-refractivity contribution in [3.05, 3.63) is 66.2 Å². The van der Waals surface area contributed by atoms with Crippen LogP contribution in [0.5, 0.6) is 5.75 Å². The van der Waals surface area contributed by atoms with Gasteiger partial charge in [0, 0.05) is 12.1 Å². The molecule has 0 aliphatic heterocycles. The normalized spacial score (nSPS) is 13.8. The summed E-state index contributed by atoms with van der Waals surface area (Å²) < 4.78 is 7.50. The molecule has 4 rings (SSSR count). The number of pyridine rings is 1. The second kappa shape index (κ2) is 6.94. The summed E-state index contributed by atoms with van der Waals surface area (Å²) >= 11 is 0. The van der Waals surface area contributed by atoms with E-state index >= 15 is 0 Å². The van der Waals surface area contributed by atoms with E-state index in [1.807, 2.05) is 59.1 Å². The lowest BCUT2D eigenvalue weighted by Crippen LogP contribution is -2.26. The SMILES string of the molecule is O=C(NOCCOc1ccccc1)c1nc(C2CC2)n2ccccc12. The van der Waals surface area contributed by atoms with Crippen LogP contribution in [-0.4, -0.2) is 28.5 Å². The van der Waals surface area contributed by atoms with Crippen molar-refractivity contribution in [2.75, 3.05) is 13.2 Å². The number of carbonyl (C=O) groups is 1. The molecular formula is C19H19N3O3. The van der Waals surface area contributed by atoms with Crippen molar-refractivity contribution in [2.45, 2.75) is 18.8 Å². The fourth-order valence-corrected chi connectivity index (χ4v) is 2.74. The van der Waals surface area contributed by atoms with Crippen molar-refractivity contribution in [3.8, 4) is 5.75 Å². The Morgan fingerprint density at radius 2 is 1.92 bits per heavy atom. The van der Waals surface area contributed by atoms with Crippen molar-refractivity contribution in [3.63, 3.8) is 0 Å². The van der Waals surface area contributed by atoms with Crippen LogP contribution in [0.15, 0.2) is 54.7 Å². The van der Waals surface area contributed by atoms with Crippen molar-refractivity contribution < 1.29 is 14.4 Å². The summed E-state index contributed by atoms with van der Waals surface area (Å²) in [7, 11) is 0. The van der Waals surface area contributed by atoms with Crippen LogP contribution < -0.4 is 10.2 Å². The number of rotatable bonds is 7. The minimum absolute atomic E-state index is 0.252. The van der Waals surface area contributed by atoms with Gasteiger partial charge >= 0.3 is 0 Å². The zero-order chi connectivity index (χ0) is 17.1. The van der Waals surface area contributed by atoms with Crippen molar-refractivity contribution in [2.24, 2.45) is 0 Å². The van der Waals surface area contributed by atoms with E-state index < -0.39 is 0 Å². The lowest BCUT2D eigenvalue weighted by molar-refractivity contribution is 0.0198. The molecule has 0 unspecified atom stereocenters. The molecule has 0 atom stereocenters. The topological polar surface area (TPSA) is 64.9 Å². The Bertz CT molecular complexity index is 872. The van der Waals surface area contributed by atoms with Crippen LogP contribution in [0, 0.1) is 0 Å². The molecule has 128 valence electrons. The smallest absolute Gasteiger partial charge is 0.295 e. The number of imidazole rings is 1. The summed E-state index contributed by atoms with van der Waals surface area (Å²) in [6, 6.07) is 15.2. The molecular weight excluding hydrogens is 318 g/mol. The van der Waals surface area contributed by atoms with Crippen LogP contribution in [0.1, 0.15) is 35.1 Å². The van der Waals surface area contributed by atoms with Crippen LogP contribution in [-0.2, 0) is 4.84 Å². The number of amides is 1. The van der Waals surface area contributed by atoms with Gasteiger partial charge in [0.25, 0.3) is 5.91 Å². The number of hydroxylamine groups is 1. The van der Waals surface area contributed by atoms with Crippen LogP contribution >= 0.6 is 0 Å². The van der Waals surface area contributed by atoms with Gasteiger partial charge in [-0.2, -0.15) is 0 Å².